The molecule has 0 bridgehead atoms. The van der Waals surface area contributed by atoms with Crippen molar-refractivity contribution in [1.82, 2.24) is 5.43 Å². The Morgan fingerprint density at radius 3 is 2.68 bits per heavy atom. The number of nitrogens with zero attached hydrogens (tertiary/aromatic N) is 2. The van der Waals surface area contributed by atoms with Crippen LogP contribution in [0, 0.1) is 10.1 Å². The zero-order valence-corrected chi connectivity index (χ0v) is 14.7. The Hall–Kier alpha value is -2.94. The summed E-state index contributed by atoms with van der Waals surface area (Å²) in [5, 5.41) is 24.1. The maximum absolute atomic E-state index is 11.8. The van der Waals surface area contributed by atoms with Crippen molar-refractivity contribution in [2.75, 3.05) is 7.11 Å². The molecule has 0 aliphatic carbocycles. The molecule has 8 nitrogen and oxygen atoms in total. The average molecular weight is 408 g/mol. The quantitative estimate of drug-likeness (QED) is 0.434. The topological polar surface area (TPSA) is 114 Å². The summed E-state index contributed by atoms with van der Waals surface area (Å²) in [4.78, 5) is 21.9. The van der Waals surface area contributed by atoms with E-state index in [4.69, 9.17) is 4.74 Å². The highest BCUT2D eigenvalue weighted by molar-refractivity contribution is 9.10. The summed E-state index contributed by atoms with van der Waals surface area (Å²) in [7, 11) is 1.42. The third-order valence-electron chi connectivity index (χ3n) is 3.19. The molecule has 130 valence electrons. The van der Waals surface area contributed by atoms with Crippen LogP contribution in [-0.4, -0.2) is 29.3 Å². The number of carbonyl (C=O) groups excluding carboxylic acids is 1. The van der Waals surface area contributed by atoms with Gasteiger partial charge in [-0.3, -0.25) is 14.9 Å². The number of ether oxygens (including phenoxy) is 1. The highest BCUT2D eigenvalue weighted by Crippen LogP contribution is 2.34. The van der Waals surface area contributed by atoms with Crippen molar-refractivity contribution < 1.29 is 19.6 Å². The Kier molecular flexibility index (Phi) is 6.07. The van der Waals surface area contributed by atoms with Gasteiger partial charge in [0.2, 0.25) is 5.91 Å². The fourth-order valence-corrected chi connectivity index (χ4v) is 2.42. The summed E-state index contributed by atoms with van der Waals surface area (Å²) in [6.07, 6.45) is 1.44. The predicted octanol–water partition coefficient (Wildman–Crippen LogP) is 2.76. The van der Waals surface area contributed by atoms with Crippen LogP contribution in [0.3, 0.4) is 0 Å². The van der Waals surface area contributed by atoms with Crippen LogP contribution < -0.4 is 10.2 Å². The Bertz CT molecular complexity index is 821. The van der Waals surface area contributed by atoms with Crippen molar-refractivity contribution in [1.29, 1.82) is 0 Å². The van der Waals surface area contributed by atoms with Gasteiger partial charge in [-0.1, -0.05) is 12.1 Å². The average Bonchev–Trinajstić information content (AvgIpc) is 2.58. The first kappa shape index (κ1) is 18.4. The minimum Gasteiger partial charge on any atom is -0.503 e. The van der Waals surface area contributed by atoms with E-state index in [1.807, 2.05) is 0 Å². The second kappa shape index (κ2) is 8.25. The molecule has 0 saturated carbocycles. The molecule has 0 aliphatic heterocycles. The Labute approximate surface area is 151 Å². The molecular formula is C16H14BrN3O5. The van der Waals surface area contributed by atoms with Gasteiger partial charge in [-0.25, -0.2) is 5.43 Å². The van der Waals surface area contributed by atoms with Crippen molar-refractivity contribution in [3.63, 3.8) is 0 Å². The first-order valence-electron chi connectivity index (χ1n) is 7.02. The molecule has 0 heterocycles. The van der Waals surface area contributed by atoms with Gasteiger partial charge in [0.1, 0.15) is 0 Å². The lowest BCUT2D eigenvalue weighted by atomic mass is 10.1. The Morgan fingerprint density at radius 2 is 2.08 bits per heavy atom. The van der Waals surface area contributed by atoms with E-state index in [2.05, 4.69) is 26.5 Å². The molecule has 0 fully saturated rings. The van der Waals surface area contributed by atoms with Gasteiger partial charge in [0.25, 0.3) is 5.69 Å². The largest absolute Gasteiger partial charge is 0.503 e. The Morgan fingerprint density at radius 1 is 1.40 bits per heavy atom. The smallest absolute Gasteiger partial charge is 0.269 e. The SMILES string of the molecule is COc1cc(/C=N\NC(=O)Cc2ccc([N+](=O)[O-])cc2)cc(Br)c1O. The van der Waals surface area contributed by atoms with E-state index in [0.29, 0.717) is 15.6 Å². The highest BCUT2D eigenvalue weighted by atomic mass is 79.9. The number of rotatable bonds is 6. The van der Waals surface area contributed by atoms with Crippen molar-refractivity contribution in [2.45, 2.75) is 6.42 Å². The number of phenolic OH excluding ortho intramolecular Hbond substituents is 1. The monoisotopic (exact) mass is 407 g/mol. The van der Waals surface area contributed by atoms with Gasteiger partial charge in [0.15, 0.2) is 11.5 Å². The molecule has 0 spiro atoms. The highest BCUT2D eigenvalue weighted by Gasteiger charge is 2.08. The number of benzene rings is 2. The van der Waals surface area contributed by atoms with E-state index in [0.717, 1.165) is 0 Å². The molecule has 0 atom stereocenters. The molecule has 0 radical (unpaired) electrons. The summed E-state index contributed by atoms with van der Waals surface area (Å²) < 4.78 is 5.46. The molecule has 2 aromatic rings. The third-order valence-corrected chi connectivity index (χ3v) is 3.79. The maximum Gasteiger partial charge on any atom is 0.269 e. The number of hydrogen-bond donors (Lipinski definition) is 2. The molecule has 0 aromatic heterocycles. The lowest BCUT2D eigenvalue weighted by Crippen LogP contribution is -2.19. The van der Waals surface area contributed by atoms with Crippen LogP contribution >= 0.6 is 15.9 Å². The van der Waals surface area contributed by atoms with E-state index in [9.17, 15) is 20.0 Å². The zero-order chi connectivity index (χ0) is 18.4. The summed E-state index contributed by atoms with van der Waals surface area (Å²) >= 11 is 3.19. The number of hydrogen-bond acceptors (Lipinski definition) is 6. The van der Waals surface area contributed by atoms with Crippen LogP contribution in [0.1, 0.15) is 11.1 Å². The number of non-ortho nitro benzene ring substituents is 1. The molecule has 2 rings (SSSR count). The second-order valence-electron chi connectivity index (χ2n) is 4.95. The van der Waals surface area contributed by atoms with Gasteiger partial charge in [0.05, 0.1) is 29.1 Å². The normalized spacial score (nSPS) is 10.6. The molecule has 0 saturated heterocycles. The Balaban J connectivity index is 1.96. The number of nitrogens with one attached hydrogen (secondary N) is 1. The number of nitro benzene ring substituents is 1. The molecule has 2 aromatic carbocycles. The number of methoxy groups -OCH3 is 1. The van der Waals surface area contributed by atoms with E-state index in [-0.39, 0.29) is 29.5 Å². The van der Waals surface area contributed by atoms with Crippen molar-refractivity contribution >= 4 is 33.7 Å². The molecule has 0 aliphatic rings. The predicted molar refractivity (Wildman–Crippen MR) is 94.9 cm³/mol. The van der Waals surface area contributed by atoms with E-state index in [1.165, 1.54) is 37.6 Å². The molecule has 0 unspecified atom stereocenters. The van der Waals surface area contributed by atoms with E-state index < -0.39 is 4.92 Å². The van der Waals surface area contributed by atoms with Gasteiger partial charge in [-0.05, 0) is 39.2 Å². The zero-order valence-electron chi connectivity index (χ0n) is 13.1. The number of carbonyl (C=O) groups is 1. The van der Waals surface area contributed by atoms with Crippen LogP contribution in [0.25, 0.3) is 0 Å². The first-order valence-corrected chi connectivity index (χ1v) is 7.81. The minimum absolute atomic E-state index is 0.0261. The van der Waals surface area contributed by atoms with Gasteiger partial charge < -0.3 is 9.84 Å². The molecule has 1 amide bonds. The maximum atomic E-state index is 11.8. The van der Waals surface area contributed by atoms with Crippen molar-refractivity contribution in [3.05, 3.63) is 62.1 Å². The first-order chi connectivity index (χ1) is 11.9. The fraction of sp³-hybridized carbons (Fsp3) is 0.125. The van der Waals surface area contributed by atoms with E-state index in [1.54, 1.807) is 12.1 Å². The molecule has 9 heteroatoms. The van der Waals surface area contributed by atoms with Crippen LogP contribution in [0.2, 0.25) is 0 Å². The number of phenols is 1. The minimum atomic E-state index is -0.502. The standard InChI is InChI=1S/C16H14BrN3O5/c1-25-14-7-11(6-13(17)16(14)22)9-18-19-15(21)8-10-2-4-12(5-3-10)20(23)24/h2-7,9,22H,8H2,1H3,(H,19,21)/b18-9-. The van der Waals surface area contributed by atoms with Crippen LogP contribution in [0.5, 0.6) is 11.5 Å². The van der Waals surface area contributed by atoms with Crippen molar-refractivity contribution in [2.24, 2.45) is 5.10 Å². The molecular weight excluding hydrogens is 394 g/mol. The van der Waals surface area contributed by atoms with Gasteiger partial charge in [0, 0.05) is 12.1 Å². The lowest BCUT2D eigenvalue weighted by Gasteiger charge is -2.06. The second-order valence-corrected chi connectivity index (χ2v) is 5.80. The summed E-state index contributed by atoms with van der Waals surface area (Å²) in [5.74, 6) is -0.121. The van der Waals surface area contributed by atoms with E-state index >= 15 is 0 Å². The molecule has 2 N–H and O–H groups in total. The molecule has 25 heavy (non-hydrogen) atoms. The van der Waals surface area contributed by atoms with Crippen LogP contribution in [-0.2, 0) is 11.2 Å². The number of nitro groups is 1. The summed E-state index contributed by atoms with van der Waals surface area (Å²) in [5.41, 5.74) is 3.57. The van der Waals surface area contributed by atoms with Crippen molar-refractivity contribution in [3.8, 4) is 11.5 Å². The summed E-state index contributed by atoms with van der Waals surface area (Å²) in [6, 6.07) is 8.89. The summed E-state index contributed by atoms with van der Waals surface area (Å²) in [6.45, 7) is 0. The fourth-order valence-electron chi connectivity index (χ4n) is 1.96. The van der Waals surface area contributed by atoms with Crippen LogP contribution in [0.4, 0.5) is 5.69 Å². The van der Waals surface area contributed by atoms with Gasteiger partial charge >= 0.3 is 0 Å². The lowest BCUT2D eigenvalue weighted by molar-refractivity contribution is -0.384. The number of amides is 1. The third kappa shape index (κ3) is 5.01. The van der Waals surface area contributed by atoms with Crippen LogP contribution in [0.15, 0.2) is 46.0 Å². The number of halogens is 1. The van der Waals surface area contributed by atoms with Gasteiger partial charge in [-0.15, -0.1) is 0 Å². The number of hydrazone groups is 1. The van der Waals surface area contributed by atoms with Gasteiger partial charge in [-0.2, -0.15) is 5.10 Å². The number of aromatic hydroxyl groups is 1.